The Morgan fingerprint density at radius 3 is 2.78 bits per heavy atom. The summed E-state index contributed by atoms with van der Waals surface area (Å²) in [5.41, 5.74) is 7.00. The first-order valence-corrected chi connectivity index (χ1v) is 6.79. The molecule has 0 radical (unpaired) electrons. The molecule has 1 saturated heterocycles. The maximum absolute atomic E-state index is 12.4. The third-order valence-electron chi connectivity index (χ3n) is 3.32. The molecule has 98 valence electrons. The molecule has 2 N–H and O–H groups in total. The summed E-state index contributed by atoms with van der Waals surface area (Å²) in [4.78, 5) is 14.2. The van der Waals surface area contributed by atoms with E-state index in [1.807, 2.05) is 7.05 Å². The smallest absolute Gasteiger partial charge is 0.255 e. The predicted molar refractivity (Wildman–Crippen MR) is 74.5 cm³/mol. The van der Waals surface area contributed by atoms with Gasteiger partial charge in [0.15, 0.2) is 0 Å². The zero-order valence-electron chi connectivity index (χ0n) is 10.4. The molecular formula is C13H17BrN2O2. The Balaban J connectivity index is 2.17. The van der Waals surface area contributed by atoms with E-state index in [2.05, 4.69) is 15.9 Å². The van der Waals surface area contributed by atoms with E-state index in [-0.39, 0.29) is 11.9 Å². The van der Waals surface area contributed by atoms with Gasteiger partial charge in [-0.2, -0.15) is 0 Å². The van der Waals surface area contributed by atoms with Crippen molar-refractivity contribution >= 4 is 27.5 Å². The van der Waals surface area contributed by atoms with E-state index < -0.39 is 0 Å². The van der Waals surface area contributed by atoms with Crippen LogP contribution in [0.2, 0.25) is 0 Å². The first-order valence-electron chi connectivity index (χ1n) is 6.00. The number of anilines is 1. The Bertz CT molecular complexity index is 445. The number of nitrogens with two attached hydrogens (primary N) is 1. The average molecular weight is 313 g/mol. The second kappa shape index (κ2) is 5.71. The SMILES string of the molecule is CN(C(=O)c1cccc(N)c1Br)C1CCOCC1. The lowest BCUT2D eigenvalue weighted by Gasteiger charge is -2.31. The fourth-order valence-electron chi connectivity index (χ4n) is 2.14. The van der Waals surface area contributed by atoms with Crippen LogP contribution in [0.25, 0.3) is 0 Å². The first kappa shape index (κ1) is 13.4. The van der Waals surface area contributed by atoms with Gasteiger partial charge in [0.25, 0.3) is 5.91 Å². The molecule has 0 bridgehead atoms. The third kappa shape index (κ3) is 2.67. The zero-order valence-corrected chi connectivity index (χ0v) is 11.9. The largest absolute Gasteiger partial charge is 0.398 e. The van der Waals surface area contributed by atoms with Crippen LogP contribution in [0.4, 0.5) is 5.69 Å². The van der Waals surface area contributed by atoms with Crippen molar-refractivity contribution in [2.45, 2.75) is 18.9 Å². The zero-order chi connectivity index (χ0) is 13.1. The highest BCUT2D eigenvalue weighted by Crippen LogP contribution is 2.26. The molecule has 1 aliphatic heterocycles. The number of benzene rings is 1. The van der Waals surface area contributed by atoms with Crippen LogP contribution < -0.4 is 5.73 Å². The third-order valence-corrected chi connectivity index (χ3v) is 4.20. The number of ether oxygens (including phenoxy) is 1. The standard InChI is InChI=1S/C13H17BrN2O2/c1-16(9-5-7-18-8-6-9)13(17)10-3-2-4-11(15)12(10)14/h2-4,9H,5-8,15H2,1H3. The van der Waals surface area contributed by atoms with E-state index in [1.54, 1.807) is 23.1 Å². The van der Waals surface area contributed by atoms with Gasteiger partial charge >= 0.3 is 0 Å². The van der Waals surface area contributed by atoms with Crippen molar-refractivity contribution in [3.63, 3.8) is 0 Å². The fraction of sp³-hybridized carbons (Fsp3) is 0.462. The number of nitrogens with zero attached hydrogens (tertiary/aromatic N) is 1. The van der Waals surface area contributed by atoms with E-state index in [1.165, 1.54) is 0 Å². The number of halogens is 1. The summed E-state index contributed by atoms with van der Waals surface area (Å²) in [6.45, 7) is 1.45. The monoisotopic (exact) mass is 312 g/mol. The normalized spacial score (nSPS) is 16.6. The van der Waals surface area contributed by atoms with Gasteiger partial charge in [-0.15, -0.1) is 0 Å². The molecule has 1 heterocycles. The Morgan fingerprint density at radius 2 is 2.11 bits per heavy atom. The van der Waals surface area contributed by atoms with Crippen LogP contribution in [0, 0.1) is 0 Å². The lowest BCUT2D eigenvalue weighted by atomic mass is 10.1. The molecule has 5 heteroatoms. The molecule has 1 aliphatic rings. The molecule has 0 atom stereocenters. The van der Waals surface area contributed by atoms with E-state index in [0.29, 0.717) is 15.7 Å². The maximum Gasteiger partial charge on any atom is 0.255 e. The molecule has 0 unspecified atom stereocenters. The van der Waals surface area contributed by atoms with Crippen molar-refractivity contribution in [1.82, 2.24) is 4.90 Å². The number of hydrogen-bond acceptors (Lipinski definition) is 3. The first-order chi connectivity index (χ1) is 8.61. The van der Waals surface area contributed by atoms with Gasteiger partial charge in [-0.3, -0.25) is 4.79 Å². The average Bonchev–Trinajstić information content (AvgIpc) is 2.41. The Morgan fingerprint density at radius 1 is 1.44 bits per heavy atom. The molecule has 2 rings (SSSR count). The topological polar surface area (TPSA) is 55.6 Å². The quantitative estimate of drug-likeness (QED) is 0.852. The fourth-order valence-corrected chi connectivity index (χ4v) is 2.58. The summed E-state index contributed by atoms with van der Waals surface area (Å²) < 4.78 is 5.99. The summed E-state index contributed by atoms with van der Waals surface area (Å²) >= 11 is 3.38. The minimum atomic E-state index is 0.000995. The van der Waals surface area contributed by atoms with Crippen LogP contribution >= 0.6 is 15.9 Å². The Kier molecular flexibility index (Phi) is 4.24. The molecule has 0 aliphatic carbocycles. The highest BCUT2D eigenvalue weighted by molar-refractivity contribution is 9.10. The van der Waals surface area contributed by atoms with Gasteiger partial charge in [-0.1, -0.05) is 6.07 Å². The van der Waals surface area contributed by atoms with Crippen LogP contribution in [0.5, 0.6) is 0 Å². The number of rotatable bonds is 2. The molecule has 0 aromatic heterocycles. The van der Waals surface area contributed by atoms with Gasteiger partial charge in [0, 0.05) is 32.0 Å². The highest BCUT2D eigenvalue weighted by atomic mass is 79.9. The molecular weight excluding hydrogens is 296 g/mol. The highest BCUT2D eigenvalue weighted by Gasteiger charge is 2.24. The minimum Gasteiger partial charge on any atom is -0.398 e. The van der Waals surface area contributed by atoms with Crippen molar-refractivity contribution in [2.75, 3.05) is 26.0 Å². The summed E-state index contributed by atoms with van der Waals surface area (Å²) in [6, 6.07) is 5.61. The van der Waals surface area contributed by atoms with Gasteiger partial charge < -0.3 is 15.4 Å². The summed E-state index contributed by atoms with van der Waals surface area (Å²) in [5, 5.41) is 0. The van der Waals surface area contributed by atoms with Gasteiger partial charge in [0.2, 0.25) is 0 Å². The van der Waals surface area contributed by atoms with Gasteiger partial charge in [-0.25, -0.2) is 0 Å². The van der Waals surface area contributed by atoms with Gasteiger partial charge in [0.1, 0.15) is 0 Å². The number of amides is 1. The predicted octanol–water partition coefficient (Wildman–Crippen LogP) is 2.28. The van der Waals surface area contributed by atoms with Crippen LogP contribution in [-0.4, -0.2) is 37.1 Å². The molecule has 1 amide bonds. The number of hydrogen-bond donors (Lipinski definition) is 1. The van der Waals surface area contributed by atoms with E-state index in [4.69, 9.17) is 10.5 Å². The summed E-state index contributed by atoms with van der Waals surface area (Å²) in [6.07, 6.45) is 1.78. The summed E-state index contributed by atoms with van der Waals surface area (Å²) in [5.74, 6) is 0.000995. The number of carbonyl (C=O) groups is 1. The maximum atomic E-state index is 12.4. The van der Waals surface area contributed by atoms with E-state index in [0.717, 1.165) is 26.1 Å². The molecule has 1 fully saturated rings. The van der Waals surface area contributed by atoms with E-state index >= 15 is 0 Å². The van der Waals surface area contributed by atoms with Crippen molar-refractivity contribution in [3.05, 3.63) is 28.2 Å². The van der Waals surface area contributed by atoms with Crippen LogP contribution in [0.3, 0.4) is 0 Å². The molecule has 1 aromatic rings. The summed E-state index contributed by atoms with van der Waals surface area (Å²) in [7, 11) is 1.84. The van der Waals surface area contributed by atoms with Crippen LogP contribution in [-0.2, 0) is 4.74 Å². The molecule has 0 saturated carbocycles. The second-order valence-corrected chi connectivity index (χ2v) is 5.26. The Hall–Kier alpha value is -1.07. The second-order valence-electron chi connectivity index (χ2n) is 4.47. The Labute approximate surface area is 115 Å². The lowest BCUT2D eigenvalue weighted by molar-refractivity contribution is 0.0361. The van der Waals surface area contributed by atoms with Gasteiger partial charge in [0.05, 0.1) is 10.0 Å². The number of nitrogen functional groups attached to an aromatic ring is 1. The molecule has 18 heavy (non-hydrogen) atoms. The van der Waals surface area contributed by atoms with Gasteiger partial charge in [-0.05, 0) is 40.9 Å². The van der Waals surface area contributed by atoms with Crippen LogP contribution in [0.1, 0.15) is 23.2 Å². The van der Waals surface area contributed by atoms with Crippen molar-refractivity contribution in [3.8, 4) is 0 Å². The van der Waals surface area contributed by atoms with Crippen molar-refractivity contribution in [1.29, 1.82) is 0 Å². The van der Waals surface area contributed by atoms with E-state index in [9.17, 15) is 4.79 Å². The number of carbonyl (C=O) groups excluding carboxylic acids is 1. The molecule has 4 nitrogen and oxygen atoms in total. The lowest BCUT2D eigenvalue weighted by Crippen LogP contribution is -2.40. The van der Waals surface area contributed by atoms with Crippen LogP contribution in [0.15, 0.2) is 22.7 Å². The van der Waals surface area contributed by atoms with Crippen molar-refractivity contribution < 1.29 is 9.53 Å². The molecule has 0 spiro atoms. The minimum absolute atomic E-state index is 0.000995. The molecule has 1 aromatic carbocycles. The van der Waals surface area contributed by atoms with Crippen molar-refractivity contribution in [2.24, 2.45) is 0 Å².